The molecule has 1 atom stereocenters. The van der Waals surface area contributed by atoms with Crippen molar-refractivity contribution < 1.29 is 14.4 Å². The molecule has 0 spiro atoms. The molecule has 3 rings (SSSR count). The monoisotopic (exact) mass is 393 g/mol. The molecule has 1 heterocycles. The number of hydrogen-bond acceptors (Lipinski definition) is 3. The zero-order valence-electron chi connectivity index (χ0n) is 17.1. The molecule has 2 aromatic carbocycles. The Kier molecular flexibility index (Phi) is 6.32. The van der Waals surface area contributed by atoms with Crippen LogP contribution in [0.15, 0.2) is 42.5 Å². The Bertz CT molecular complexity index is 916. The molecule has 3 amide bonds. The summed E-state index contributed by atoms with van der Waals surface area (Å²) in [7, 11) is 0. The highest BCUT2D eigenvalue weighted by Crippen LogP contribution is 2.33. The molecule has 0 aromatic heterocycles. The highest BCUT2D eigenvalue weighted by Gasteiger charge is 2.36. The summed E-state index contributed by atoms with van der Waals surface area (Å²) in [5.41, 5.74) is 4.42. The van der Waals surface area contributed by atoms with Gasteiger partial charge in [0, 0.05) is 37.0 Å². The number of carbonyl (C=O) groups is 3. The molecule has 6 nitrogen and oxygen atoms in total. The van der Waals surface area contributed by atoms with Gasteiger partial charge in [0.15, 0.2) is 0 Å². The van der Waals surface area contributed by atoms with Crippen LogP contribution < -0.4 is 15.5 Å². The normalized spacial score (nSPS) is 16.0. The van der Waals surface area contributed by atoms with E-state index in [0.29, 0.717) is 17.9 Å². The van der Waals surface area contributed by atoms with Crippen LogP contribution in [0.4, 0.5) is 17.1 Å². The third-order valence-corrected chi connectivity index (χ3v) is 5.18. The summed E-state index contributed by atoms with van der Waals surface area (Å²) >= 11 is 0. The van der Waals surface area contributed by atoms with E-state index in [1.807, 2.05) is 18.2 Å². The van der Waals surface area contributed by atoms with Crippen molar-refractivity contribution in [3.05, 3.63) is 53.6 Å². The van der Waals surface area contributed by atoms with E-state index in [0.717, 1.165) is 29.7 Å². The fourth-order valence-electron chi connectivity index (χ4n) is 3.78. The second-order valence-electron chi connectivity index (χ2n) is 7.29. The van der Waals surface area contributed by atoms with Crippen LogP contribution in [0.1, 0.15) is 38.3 Å². The van der Waals surface area contributed by atoms with Gasteiger partial charge in [-0.2, -0.15) is 0 Å². The first-order valence-corrected chi connectivity index (χ1v) is 10.0. The number of carbonyl (C=O) groups excluding carboxylic acids is 3. The molecule has 0 aliphatic carbocycles. The van der Waals surface area contributed by atoms with E-state index in [2.05, 4.69) is 24.5 Å². The highest BCUT2D eigenvalue weighted by atomic mass is 16.2. The molecule has 1 aliphatic heterocycles. The SMILES string of the molecule is CCc1cccc(CC)c1N1CC(C(=O)Nc2cccc(NC(C)=O)c2)CC1=O. The van der Waals surface area contributed by atoms with Crippen LogP contribution in [-0.2, 0) is 27.2 Å². The molecule has 0 saturated carbocycles. The van der Waals surface area contributed by atoms with Crippen molar-refractivity contribution >= 4 is 34.8 Å². The van der Waals surface area contributed by atoms with Gasteiger partial charge in [-0.1, -0.05) is 38.1 Å². The van der Waals surface area contributed by atoms with E-state index in [1.165, 1.54) is 6.92 Å². The maximum Gasteiger partial charge on any atom is 0.229 e. The van der Waals surface area contributed by atoms with E-state index >= 15 is 0 Å². The van der Waals surface area contributed by atoms with E-state index in [1.54, 1.807) is 29.2 Å². The molecule has 1 saturated heterocycles. The van der Waals surface area contributed by atoms with Gasteiger partial charge in [-0.3, -0.25) is 14.4 Å². The first-order valence-electron chi connectivity index (χ1n) is 10.0. The summed E-state index contributed by atoms with van der Waals surface area (Å²) in [6, 6.07) is 13.1. The lowest BCUT2D eigenvalue weighted by atomic mass is 10.0. The largest absolute Gasteiger partial charge is 0.326 e. The maximum absolute atomic E-state index is 12.8. The van der Waals surface area contributed by atoms with Gasteiger partial charge in [-0.05, 0) is 42.2 Å². The first kappa shape index (κ1) is 20.6. The second-order valence-corrected chi connectivity index (χ2v) is 7.29. The first-order chi connectivity index (χ1) is 13.9. The number of aryl methyl sites for hydroxylation is 2. The average Bonchev–Trinajstić information content (AvgIpc) is 3.08. The van der Waals surface area contributed by atoms with Crippen molar-refractivity contribution in [1.29, 1.82) is 0 Å². The summed E-state index contributed by atoms with van der Waals surface area (Å²) in [6.07, 6.45) is 1.86. The summed E-state index contributed by atoms with van der Waals surface area (Å²) in [6.45, 7) is 5.96. The van der Waals surface area contributed by atoms with Gasteiger partial charge < -0.3 is 15.5 Å². The van der Waals surface area contributed by atoms with Crippen LogP contribution in [-0.4, -0.2) is 24.3 Å². The lowest BCUT2D eigenvalue weighted by molar-refractivity contribution is -0.122. The van der Waals surface area contributed by atoms with E-state index in [4.69, 9.17) is 0 Å². The van der Waals surface area contributed by atoms with E-state index < -0.39 is 5.92 Å². The molecule has 2 aromatic rings. The molecule has 0 bridgehead atoms. The minimum atomic E-state index is -0.415. The molecule has 0 radical (unpaired) electrons. The number of para-hydroxylation sites is 1. The molecule has 1 fully saturated rings. The second kappa shape index (κ2) is 8.90. The quantitative estimate of drug-likeness (QED) is 0.784. The van der Waals surface area contributed by atoms with Gasteiger partial charge in [-0.25, -0.2) is 0 Å². The molecule has 29 heavy (non-hydrogen) atoms. The molecule has 6 heteroatoms. The topological polar surface area (TPSA) is 78.5 Å². The molecule has 2 N–H and O–H groups in total. The molecular formula is C23H27N3O3. The number of benzene rings is 2. The summed E-state index contributed by atoms with van der Waals surface area (Å²) in [5.74, 6) is -0.797. The van der Waals surface area contributed by atoms with E-state index in [-0.39, 0.29) is 24.1 Å². The maximum atomic E-state index is 12.8. The fourth-order valence-corrected chi connectivity index (χ4v) is 3.78. The van der Waals surface area contributed by atoms with Gasteiger partial charge in [0.1, 0.15) is 0 Å². The fraction of sp³-hybridized carbons (Fsp3) is 0.348. The lowest BCUT2D eigenvalue weighted by Gasteiger charge is -2.23. The lowest BCUT2D eigenvalue weighted by Crippen LogP contribution is -2.29. The zero-order chi connectivity index (χ0) is 21.0. The summed E-state index contributed by atoms with van der Waals surface area (Å²) in [5, 5.41) is 5.57. The Morgan fingerprint density at radius 1 is 1.00 bits per heavy atom. The number of nitrogens with zero attached hydrogens (tertiary/aromatic N) is 1. The number of nitrogens with one attached hydrogen (secondary N) is 2. The summed E-state index contributed by atoms with van der Waals surface area (Å²) < 4.78 is 0. The number of rotatable bonds is 6. The Morgan fingerprint density at radius 2 is 1.59 bits per heavy atom. The van der Waals surface area contributed by atoms with Crippen LogP contribution in [0.2, 0.25) is 0 Å². The van der Waals surface area contributed by atoms with Gasteiger partial charge in [0.05, 0.1) is 5.92 Å². The van der Waals surface area contributed by atoms with Crippen LogP contribution in [0.3, 0.4) is 0 Å². The van der Waals surface area contributed by atoms with Crippen molar-refractivity contribution in [1.82, 2.24) is 0 Å². The number of amides is 3. The molecule has 1 unspecified atom stereocenters. The number of anilines is 3. The average molecular weight is 393 g/mol. The Labute approximate surface area is 171 Å². The van der Waals surface area contributed by atoms with Crippen LogP contribution in [0, 0.1) is 5.92 Å². The Balaban J connectivity index is 1.76. The van der Waals surface area contributed by atoms with Crippen molar-refractivity contribution in [2.24, 2.45) is 5.92 Å². The predicted molar refractivity (Wildman–Crippen MR) is 115 cm³/mol. The minimum Gasteiger partial charge on any atom is -0.326 e. The smallest absolute Gasteiger partial charge is 0.229 e. The van der Waals surface area contributed by atoms with Crippen molar-refractivity contribution in [2.45, 2.75) is 40.0 Å². The minimum absolute atomic E-state index is 0.0206. The molecule has 152 valence electrons. The molecular weight excluding hydrogens is 366 g/mol. The Morgan fingerprint density at radius 3 is 2.17 bits per heavy atom. The van der Waals surface area contributed by atoms with Gasteiger partial charge in [0.2, 0.25) is 17.7 Å². The van der Waals surface area contributed by atoms with Crippen LogP contribution in [0.5, 0.6) is 0 Å². The standard InChI is InChI=1S/C23H27N3O3/c1-4-16-8-6-9-17(5-2)22(16)26-14-18(12-21(26)28)23(29)25-20-11-7-10-19(13-20)24-15(3)27/h6-11,13,18H,4-5,12,14H2,1-3H3,(H,24,27)(H,25,29). The third kappa shape index (κ3) is 4.65. The van der Waals surface area contributed by atoms with Crippen LogP contribution >= 0.6 is 0 Å². The van der Waals surface area contributed by atoms with E-state index in [9.17, 15) is 14.4 Å². The zero-order valence-corrected chi connectivity index (χ0v) is 17.1. The highest BCUT2D eigenvalue weighted by molar-refractivity contribution is 6.04. The third-order valence-electron chi connectivity index (χ3n) is 5.18. The van der Waals surface area contributed by atoms with Gasteiger partial charge >= 0.3 is 0 Å². The van der Waals surface area contributed by atoms with Gasteiger partial charge in [-0.15, -0.1) is 0 Å². The van der Waals surface area contributed by atoms with Crippen molar-refractivity contribution in [3.63, 3.8) is 0 Å². The van der Waals surface area contributed by atoms with Crippen molar-refractivity contribution in [3.8, 4) is 0 Å². The molecule has 1 aliphatic rings. The van der Waals surface area contributed by atoms with Crippen LogP contribution in [0.25, 0.3) is 0 Å². The van der Waals surface area contributed by atoms with Gasteiger partial charge in [0.25, 0.3) is 0 Å². The Hall–Kier alpha value is -3.15. The summed E-state index contributed by atoms with van der Waals surface area (Å²) in [4.78, 5) is 38.6. The predicted octanol–water partition coefficient (Wildman–Crippen LogP) is 3.76. The van der Waals surface area contributed by atoms with Crippen molar-refractivity contribution in [2.75, 3.05) is 22.1 Å². The number of hydrogen-bond donors (Lipinski definition) is 2.